The van der Waals surface area contributed by atoms with Crippen molar-refractivity contribution in [3.05, 3.63) is 146 Å². The Morgan fingerprint density at radius 2 is 0.939 bits per heavy atom. The summed E-state index contributed by atoms with van der Waals surface area (Å²) in [5.41, 5.74) is 10.2. The fourth-order valence-corrected chi connectivity index (χ4v) is 7.34. The summed E-state index contributed by atoms with van der Waals surface area (Å²) in [7, 11) is 0. The molecule has 11 rings (SSSR count). The normalized spacial score (nSPS) is 12.1. The standard InChI is InChI=1S/C43H24N2O4/c1-4-14-34-27(9-1)28-21-19-25(23-39(28)47-34)45(33-13-8-18-38-42(33)29-10-2-5-15-35(29)46-38)26-20-22-30-40(24-26)48-37-17-7-11-31(41(30)37)43-44-32-12-3-6-16-36(32)49-43/h1-24H. The van der Waals surface area contributed by atoms with Gasteiger partial charge >= 0.3 is 0 Å². The summed E-state index contributed by atoms with van der Waals surface area (Å²) in [6, 6.07) is 49.2. The summed E-state index contributed by atoms with van der Waals surface area (Å²) in [5.74, 6) is 0.567. The minimum atomic E-state index is 0.567. The molecule has 0 fully saturated rings. The van der Waals surface area contributed by atoms with Crippen molar-refractivity contribution in [3.8, 4) is 11.5 Å². The van der Waals surface area contributed by atoms with E-state index >= 15 is 0 Å². The van der Waals surface area contributed by atoms with Crippen LogP contribution in [0.5, 0.6) is 0 Å². The van der Waals surface area contributed by atoms with E-state index in [-0.39, 0.29) is 0 Å². The lowest BCUT2D eigenvalue weighted by atomic mass is 10.0. The number of anilines is 3. The summed E-state index contributed by atoms with van der Waals surface area (Å²) in [5, 5.41) is 6.20. The molecule has 0 saturated heterocycles. The molecule has 0 radical (unpaired) electrons. The molecule has 0 unspecified atom stereocenters. The number of fused-ring (bicyclic) bond motifs is 10. The van der Waals surface area contributed by atoms with E-state index in [1.54, 1.807) is 0 Å². The molecule has 0 saturated carbocycles. The van der Waals surface area contributed by atoms with E-state index in [2.05, 4.69) is 59.5 Å². The van der Waals surface area contributed by atoms with Gasteiger partial charge in [0.2, 0.25) is 5.89 Å². The Bertz CT molecular complexity index is 3050. The number of nitrogens with zero attached hydrogens (tertiary/aromatic N) is 2. The zero-order valence-corrected chi connectivity index (χ0v) is 25.9. The smallest absolute Gasteiger partial charge is 0.228 e. The minimum absolute atomic E-state index is 0.567. The molecule has 0 bridgehead atoms. The van der Waals surface area contributed by atoms with Crippen LogP contribution in [0.1, 0.15) is 0 Å². The van der Waals surface area contributed by atoms with Crippen LogP contribution < -0.4 is 4.90 Å². The van der Waals surface area contributed by atoms with Crippen molar-refractivity contribution in [2.45, 2.75) is 0 Å². The van der Waals surface area contributed by atoms with E-state index in [9.17, 15) is 0 Å². The van der Waals surface area contributed by atoms with Crippen LogP contribution in [0.25, 0.3) is 88.4 Å². The van der Waals surface area contributed by atoms with Gasteiger partial charge in [-0.15, -0.1) is 0 Å². The number of furan rings is 3. The van der Waals surface area contributed by atoms with Crippen LogP contribution in [0.3, 0.4) is 0 Å². The second kappa shape index (κ2) is 9.86. The molecular weight excluding hydrogens is 608 g/mol. The number of hydrogen-bond acceptors (Lipinski definition) is 6. The zero-order valence-electron chi connectivity index (χ0n) is 25.9. The molecule has 11 aromatic rings. The lowest BCUT2D eigenvalue weighted by Crippen LogP contribution is -2.10. The van der Waals surface area contributed by atoms with Gasteiger partial charge in [0.25, 0.3) is 0 Å². The van der Waals surface area contributed by atoms with E-state index < -0.39 is 0 Å². The number of hydrogen-bond donors (Lipinski definition) is 0. The maximum absolute atomic E-state index is 6.57. The predicted octanol–water partition coefficient (Wildman–Crippen LogP) is 12.7. The van der Waals surface area contributed by atoms with Gasteiger partial charge in [-0.25, -0.2) is 4.98 Å². The average molecular weight is 633 g/mol. The quantitative estimate of drug-likeness (QED) is 0.192. The summed E-state index contributed by atoms with van der Waals surface area (Å²) >= 11 is 0. The maximum Gasteiger partial charge on any atom is 0.228 e. The Balaban J connectivity index is 1.16. The van der Waals surface area contributed by atoms with Crippen LogP contribution in [-0.4, -0.2) is 4.98 Å². The van der Waals surface area contributed by atoms with Crippen LogP contribution in [0.15, 0.2) is 163 Å². The van der Waals surface area contributed by atoms with Crippen molar-refractivity contribution in [2.24, 2.45) is 0 Å². The lowest BCUT2D eigenvalue weighted by molar-refractivity contribution is 0.620. The van der Waals surface area contributed by atoms with E-state index in [4.69, 9.17) is 22.7 Å². The van der Waals surface area contributed by atoms with E-state index in [1.165, 1.54) is 0 Å². The topological polar surface area (TPSA) is 68.7 Å². The van der Waals surface area contributed by atoms with Crippen LogP contribution in [0, 0.1) is 0 Å². The van der Waals surface area contributed by atoms with Gasteiger partial charge in [-0.05, 0) is 72.8 Å². The second-order valence-corrected chi connectivity index (χ2v) is 12.3. The van der Waals surface area contributed by atoms with Gasteiger partial charge in [-0.2, -0.15) is 0 Å². The Hall–Kier alpha value is -6.79. The first-order valence-corrected chi connectivity index (χ1v) is 16.2. The van der Waals surface area contributed by atoms with Crippen LogP contribution in [0.4, 0.5) is 17.1 Å². The van der Waals surface area contributed by atoms with E-state index in [0.717, 1.165) is 99.5 Å². The van der Waals surface area contributed by atoms with Gasteiger partial charge in [-0.1, -0.05) is 60.7 Å². The van der Waals surface area contributed by atoms with Crippen molar-refractivity contribution in [1.29, 1.82) is 0 Å². The fourth-order valence-electron chi connectivity index (χ4n) is 7.34. The molecular formula is C43H24N2O4. The summed E-state index contributed by atoms with van der Waals surface area (Å²) < 4.78 is 25.5. The number of para-hydroxylation sites is 4. The van der Waals surface area contributed by atoms with Gasteiger partial charge in [-0.3, -0.25) is 0 Å². The molecule has 6 heteroatoms. The van der Waals surface area contributed by atoms with Crippen molar-refractivity contribution in [2.75, 3.05) is 4.90 Å². The second-order valence-electron chi connectivity index (χ2n) is 12.3. The van der Waals surface area contributed by atoms with Crippen molar-refractivity contribution in [1.82, 2.24) is 4.98 Å². The summed E-state index contributed by atoms with van der Waals surface area (Å²) in [6.07, 6.45) is 0. The molecule has 0 amide bonds. The highest BCUT2D eigenvalue weighted by atomic mass is 16.4. The maximum atomic E-state index is 6.57. The van der Waals surface area contributed by atoms with Gasteiger partial charge in [0.15, 0.2) is 5.58 Å². The molecule has 0 atom stereocenters. The zero-order chi connectivity index (χ0) is 32.1. The Morgan fingerprint density at radius 1 is 0.388 bits per heavy atom. The van der Waals surface area contributed by atoms with Gasteiger partial charge in [0, 0.05) is 56.0 Å². The SMILES string of the molecule is c1ccc2oc(-c3cccc4oc5cc(N(c6ccc7c(c6)oc6ccccc67)c6cccc7oc8ccccc8c67)ccc5c34)nc2c1. The molecule has 0 N–H and O–H groups in total. The Morgan fingerprint density at radius 3 is 1.76 bits per heavy atom. The number of aromatic nitrogens is 1. The first kappa shape index (κ1) is 26.3. The molecule has 0 aliphatic rings. The van der Waals surface area contributed by atoms with E-state index in [1.807, 2.05) is 91.0 Å². The fraction of sp³-hybridized carbons (Fsp3) is 0. The van der Waals surface area contributed by atoms with Crippen LogP contribution >= 0.6 is 0 Å². The molecule has 4 heterocycles. The first-order valence-electron chi connectivity index (χ1n) is 16.2. The molecule has 4 aromatic heterocycles. The molecule has 0 aliphatic carbocycles. The number of benzene rings is 7. The average Bonchev–Trinajstić information content (AvgIpc) is 3.92. The highest BCUT2D eigenvalue weighted by molar-refractivity contribution is 6.16. The van der Waals surface area contributed by atoms with Crippen molar-refractivity contribution >= 4 is 94.0 Å². The van der Waals surface area contributed by atoms with Gasteiger partial charge < -0.3 is 22.6 Å². The minimum Gasteiger partial charge on any atom is -0.456 e. The van der Waals surface area contributed by atoms with Crippen LogP contribution in [-0.2, 0) is 0 Å². The predicted molar refractivity (Wildman–Crippen MR) is 196 cm³/mol. The Kier molecular flexibility index (Phi) is 5.29. The molecule has 7 aromatic carbocycles. The van der Waals surface area contributed by atoms with E-state index in [0.29, 0.717) is 5.89 Å². The molecule has 0 spiro atoms. The first-order chi connectivity index (χ1) is 24.3. The van der Waals surface area contributed by atoms with Crippen molar-refractivity contribution in [3.63, 3.8) is 0 Å². The largest absolute Gasteiger partial charge is 0.456 e. The molecule has 230 valence electrons. The molecule has 0 aliphatic heterocycles. The van der Waals surface area contributed by atoms with Gasteiger partial charge in [0.1, 0.15) is 39.0 Å². The van der Waals surface area contributed by atoms with Gasteiger partial charge in [0.05, 0.1) is 11.1 Å². The van der Waals surface area contributed by atoms with Crippen molar-refractivity contribution < 1.29 is 17.7 Å². The number of oxazole rings is 1. The highest BCUT2D eigenvalue weighted by Gasteiger charge is 2.23. The summed E-state index contributed by atoms with van der Waals surface area (Å²) in [6.45, 7) is 0. The third-order valence-electron chi connectivity index (χ3n) is 9.51. The third kappa shape index (κ3) is 3.85. The lowest BCUT2D eigenvalue weighted by Gasteiger charge is -2.26. The highest BCUT2D eigenvalue weighted by Crippen LogP contribution is 2.46. The number of rotatable bonds is 4. The molecule has 6 nitrogen and oxygen atoms in total. The third-order valence-corrected chi connectivity index (χ3v) is 9.51. The Labute approximate surface area is 278 Å². The monoisotopic (exact) mass is 632 g/mol. The van der Waals surface area contributed by atoms with Crippen LogP contribution in [0.2, 0.25) is 0 Å². The summed E-state index contributed by atoms with van der Waals surface area (Å²) in [4.78, 5) is 7.05. The molecule has 49 heavy (non-hydrogen) atoms.